The van der Waals surface area contributed by atoms with Crippen molar-refractivity contribution in [3.8, 4) is 11.5 Å². The van der Waals surface area contributed by atoms with Gasteiger partial charge in [-0.3, -0.25) is 0 Å². The third-order valence-corrected chi connectivity index (χ3v) is 1.54. The van der Waals surface area contributed by atoms with E-state index in [1.165, 1.54) is 12.6 Å². The van der Waals surface area contributed by atoms with Crippen molar-refractivity contribution in [2.45, 2.75) is 6.92 Å². The van der Waals surface area contributed by atoms with Crippen molar-refractivity contribution < 1.29 is 9.47 Å². The van der Waals surface area contributed by atoms with Crippen LogP contribution in [-0.4, -0.2) is 21.3 Å². The highest BCUT2D eigenvalue weighted by Gasteiger charge is 2.00. The quantitative estimate of drug-likeness (QED) is 0.757. The predicted molar refractivity (Wildman–Crippen MR) is 54.4 cm³/mol. The second-order valence-electron chi connectivity index (χ2n) is 2.36. The van der Waals surface area contributed by atoms with Gasteiger partial charge in [-0.05, 0) is 31.7 Å². The first-order valence-corrected chi connectivity index (χ1v) is 4.04. The van der Waals surface area contributed by atoms with Crippen LogP contribution in [0.4, 0.5) is 0 Å². The van der Waals surface area contributed by atoms with Gasteiger partial charge >= 0.3 is 0 Å². The standard InChI is InChI=1S/C9H12O2.CH5N/c1-7-4-5-8(10-2)9(6-7)11-3;1-2/h4-6H,1-3H3;2H2,1H3. The maximum absolute atomic E-state index is 5.09. The molecule has 13 heavy (non-hydrogen) atoms. The molecule has 1 aromatic carbocycles. The van der Waals surface area contributed by atoms with Crippen LogP contribution in [0.3, 0.4) is 0 Å². The third-order valence-electron chi connectivity index (χ3n) is 1.54. The first-order chi connectivity index (χ1) is 6.27. The monoisotopic (exact) mass is 183 g/mol. The molecule has 1 rings (SSSR count). The maximum Gasteiger partial charge on any atom is 0.160 e. The number of hydrogen-bond acceptors (Lipinski definition) is 3. The lowest BCUT2D eigenvalue weighted by molar-refractivity contribution is 0.354. The SMILES string of the molecule is CN.COc1ccc(C)cc1OC. The Morgan fingerprint density at radius 3 is 2.00 bits per heavy atom. The molecule has 0 saturated heterocycles. The summed E-state index contributed by atoms with van der Waals surface area (Å²) < 4.78 is 10.2. The lowest BCUT2D eigenvalue weighted by Gasteiger charge is -2.06. The first-order valence-electron chi connectivity index (χ1n) is 4.04. The Hall–Kier alpha value is -1.22. The minimum atomic E-state index is 0.776. The molecule has 0 atom stereocenters. The van der Waals surface area contributed by atoms with Crippen molar-refractivity contribution in [2.24, 2.45) is 5.73 Å². The smallest absolute Gasteiger partial charge is 0.160 e. The normalized spacial score (nSPS) is 8.38. The van der Waals surface area contributed by atoms with Gasteiger partial charge in [-0.15, -0.1) is 0 Å². The Bertz CT molecular complexity index is 249. The van der Waals surface area contributed by atoms with Crippen LogP contribution in [0, 0.1) is 6.92 Å². The Labute approximate surface area is 79.5 Å². The number of methoxy groups -OCH3 is 2. The van der Waals surface area contributed by atoms with E-state index >= 15 is 0 Å². The number of nitrogens with two attached hydrogens (primary N) is 1. The Kier molecular flexibility index (Phi) is 5.72. The minimum Gasteiger partial charge on any atom is -0.493 e. The molecule has 0 aliphatic heterocycles. The van der Waals surface area contributed by atoms with E-state index in [0.29, 0.717) is 0 Å². The molecule has 0 aliphatic rings. The highest BCUT2D eigenvalue weighted by Crippen LogP contribution is 2.26. The van der Waals surface area contributed by atoms with Crippen LogP contribution in [0.5, 0.6) is 11.5 Å². The maximum atomic E-state index is 5.09. The lowest BCUT2D eigenvalue weighted by Crippen LogP contribution is -1.90. The molecule has 3 nitrogen and oxygen atoms in total. The summed E-state index contributed by atoms with van der Waals surface area (Å²) in [6, 6.07) is 5.83. The summed E-state index contributed by atoms with van der Waals surface area (Å²) in [6.07, 6.45) is 0. The van der Waals surface area contributed by atoms with Gasteiger partial charge in [-0.25, -0.2) is 0 Å². The van der Waals surface area contributed by atoms with Gasteiger partial charge in [0.05, 0.1) is 14.2 Å². The second-order valence-corrected chi connectivity index (χ2v) is 2.36. The summed E-state index contributed by atoms with van der Waals surface area (Å²) in [7, 11) is 4.77. The molecule has 0 aliphatic carbocycles. The molecular weight excluding hydrogens is 166 g/mol. The average Bonchev–Trinajstić information content (AvgIpc) is 2.20. The van der Waals surface area contributed by atoms with E-state index < -0.39 is 0 Å². The fourth-order valence-electron chi connectivity index (χ4n) is 0.943. The van der Waals surface area contributed by atoms with E-state index in [2.05, 4.69) is 5.73 Å². The van der Waals surface area contributed by atoms with Crippen molar-refractivity contribution in [3.63, 3.8) is 0 Å². The van der Waals surface area contributed by atoms with Gasteiger partial charge in [-0.1, -0.05) is 6.07 Å². The highest BCUT2D eigenvalue weighted by molar-refractivity contribution is 5.42. The van der Waals surface area contributed by atoms with E-state index in [9.17, 15) is 0 Å². The van der Waals surface area contributed by atoms with Gasteiger partial charge in [0.2, 0.25) is 0 Å². The number of aryl methyl sites for hydroxylation is 1. The van der Waals surface area contributed by atoms with Crippen LogP contribution in [-0.2, 0) is 0 Å². The molecule has 0 spiro atoms. The largest absolute Gasteiger partial charge is 0.493 e. The summed E-state index contributed by atoms with van der Waals surface area (Å²) in [5, 5.41) is 0. The van der Waals surface area contributed by atoms with Crippen LogP contribution in [0.25, 0.3) is 0 Å². The van der Waals surface area contributed by atoms with E-state index in [-0.39, 0.29) is 0 Å². The van der Waals surface area contributed by atoms with Crippen molar-refractivity contribution >= 4 is 0 Å². The number of hydrogen-bond donors (Lipinski definition) is 1. The molecule has 0 fully saturated rings. The molecule has 3 heteroatoms. The molecule has 0 unspecified atom stereocenters. The van der Waals surface area contributed by atoms with E-state index in [0.717, 1.165) is 11.5 Å². The van der Waals surface area contributed by atoms with Gasteiger partial charge in [0.25, 0.3) is 0 Å². The molecule has 1 aromatic rings. The summed E-state index contributed by atoms with van der Waals surface area (Å²) in [5.74, 6) is 1.56. The van der Waals surface area contributed by atoms with Crippen LogP contribution in [0.15, 0.2) is 18.2 Å². The molecule has 0 radical (unpaired) electrons. The lowest BCUT2D eigenvalue weighted by atomic mass is 10.2. The fraction of sp³-hybridized carbons (Fsp3) is 0.400. The topological polar surface area (TPSA) is 44.5 Å². The van der Waals surface area contributed by atoms with Crippen LogP contribution in [0.1, 0.15) is 5.56 Å². The summed E-state index contributed by atoms with van der Waals surface area (Å²) in [6.45, 7) is 2.02. The predicted octanol–water partition coefficient (Wildman–Crippen LogP) is 1.59. The van der Waals surface area contributed by atoms with Crippen LogP contribution in [0.2, 0.25) is 0 Å². The molecule has 0 aromatic heterocycles. The van der Waals surface area contributed by atoms with Crippen LogP contribution < -0.4 is 15.2 Å². The summed E-state index contributed by atoms with van der Waals surface area (Å²) in [4.78, 5) is 0. The van der Waals surface area contributed by atoms with E-state index in [1.54, 1.807) is 14.2 Å². The summed E-state index contributed by atoms with van der Waals surface area (Å²) in [5.41, 5.74) is 5.67. The number of rotatable bonds is 2. The van der Waals surface area contributed by atoms with Crippen LogP contribution >= 0.6 is 0 Å². The average molecular weight is 183 g/mol. The van der Waals surface area contributed by atoms with Crippen molar-refractivity contribution in [2.75, 3.05) is 21.3 Å². The Morgan fingerprint density at radius 1 is 1.00 bits per heavy atom. The van der Waals surface area contributed by atoms with Gasteiger partial charge in [0.15, 0.2) is 11.5 Å². The molecule has 0 bridgehead atoms. The second kappa shape index (κ2) is 6.31. The highest BCUT2D eigenvalue weighted by atomic mass is 16.5. The zero-order valence-corrected chi connectivity index (χ0v) is 8.63. The minimum absolute atomic E-state index is 0.776. The van der Waals surface area contributed by atoms with Crippen molar-refractivity contribution in [1.29, 1.82) is 0 Å². The Morgan fingerprint density at radius 2 is 1.54 bits per heavy atom. The first kappa shape index (κ1) is 11.8. The molecule has 0 saturated carbocycles. The number of benzene rings is 1. The molecular formula is C10H17NO2. The van der Waals surface area contributed by atoms with E-state index in [1.807, 2.05) is 25.1 Å². The van der Waals surface area contributed by atoms with Gasteiger partial charge in [-0.2, -0.15) is 0 Å². The molecule has 0 amide bonds. The molecule has 2 N–H and O–H groups in total. The van der Waals surface area contributed by atoms with E-state index in [4.69, 9.17) is 9.47 Å². The number of ether oxygens (including phenoxy) is 2. The van der Waals surface area contributed by atoms with Crippen molar-refractivity contribution in [1.82, 2.24) is 0 Å². The Balaban J connectivity index is 0.000000671. The zero-order chi connectivity index (χ0) is 10.3. The molecule has 0 heterocycles. The zero-order valence-electron chi connectivity index (χ0n) is 8.63. The van der Waals surface area contributed by atoms with Gasteiger partial charge in [0.1, 0.15) is 0 Å². The summed E-state index contributed by atoms with van der Waals surface area (Å²) >= 11 is 0. The molecule has 74 valence electrons. The van der Waals surface area contributed by atoms with Gasteiger partial charge < -0.3 is 15.2 Å². The third kappa shape index (κ3) is 3.34. The fourth-order valence-corrected chi connectivity index (χ4v) is 0.943. The van der Waals surface area contributed by atoms with Crippen molar-refractivity contribution in [3.05, 3.63) is 23.8 Å². The van der Waals surface area contributed by atoms with Gasteiger partial charge in [0, 0.05) is 0 Å².